The molecule has 0 bridgehead atoms. The normalized spacial score (nSPS) is 14.9. The van der Waals surface area contributed by atoms with Gasteiger partial charge in [0.2, 0.25) is 0 Å². The van der Waals surface area contributed by atoms with Crippen molar-refractivity contribution in [3.8, 4) is 0 Å². The molecule has 1 heteroatoms. The zero-order chi connectivity index (χ0) is 9.78. The summed E-state index contributed by atoms with van der Waals surface area (Å²) in [5.74, 6) is 0. The van der Waals surface area contributed by atoms with Crippen LogP contribution in [0, 0.1) is 0 Å². The third-order valence-electron chi connectivity index (χ3n) is 1.31. The fraction of sp³-hybridized carbons (Fsp3) is 0.333. The molecule has 0 aliphatic heterocycles. The minimum absolute atomic E-state index is 0.250. The van der Waals surface area contributed by atoms with Gasteiger partial charge in [-0.25, -0.2) is 0 Å². The summed E-state index contributed by atoms with van der Waals surface area (Å²) in [6.07, 6.45) is 19.0. The molecule has 0 aromatic carbocycles. The molecule has 0 saturated carbocycles. The molecule has 0 spiro atoms. The minimum Gasteiger partial charge on any atom is -0.397 e. The Morgan fingerprint density at radius 1 is 0.846 bits per heavy atom. The lowest BCUT2D eigenvalue weighted by atomic mass is 10.5. The zero-order valence-electron chi connectivity index (χ0n) is 8.19. The van der Waals surface area contributed by atoms with E-state index in [4.69, 9.17) is 5.11 Å². The third-order valence-corrected chi connectivity index (χ3v) is 1.31. The molecule has 2 aliphatic carbocycles. The molecule has 0 heterocycles. The fourth-order valence-electron chi connectivity index (χ4n) is 0.786. The van der Waals surface area contributed by atoms with Crippen molar-refractivity contribution in [3.05, 3.63) is 48.6 Å². The van der Waals surface area contributed by atoms with Crippen LogP contribution in [0.15, 0.2) is 48.6 Å². The Hall–Kier alpha value is -1.08. The molecular weight excluding hydrogens is 160 g/mol. The van der Waals surface area contributed by atoms with E-state index in [-0.39, 0.29) is 6.61 Å². The van der Waals surface area contributed by atoms with E-state index in [0.717, 1.165) is 12.8 Å². The largest absolute Gasteiger partial charge is 0.397 e. The van der Waals surface area contributed by atoms with Crippen molar-refractivity contribution in [1.29, 1.82) is 0 Å². The van der Waals surface area contributed by atoms with Gasteiger partial charge in [-0.1, -0.05) is 48.6 Å². The summed E-state index contributed by atoms with van der Waals surface area (Å²) in [6.45, 7) is 1.93. The summed E-state index contributed by atoms with van der Waals surface area (Å²) in [5, 5.41) is 7.57. The number of aliphatic hydroxyl groups excluding tert-OH is 1. The Balaban J connectivity index is 0.000000174. The highest BCUT2D eigenvalue weighted by molar-refractivity contribution is 5.12. The molecule has 1 N–H and O–H groups in total. The van der Waals surface area contributed by atoms with Gasteiger partial charge in [0, 0.05) is 6.61 Å². The molecule has 0 saturated heterocycles. The molecule has 0 amide bonds. The Morgan fingerprint density at radius 2 is 1.08 bits per heavy atom. The Labute approximate surface area is 80.8 Å². The molecular formula is C12H18O. The van der Waals surface area contributed by atoms with Crippen LogP contribution < -0.4 is 0 Å². The van der Waals surface area contributed by atoms with E-state index < -0.39 is 0 Å². The summed E-state index contributed by atoms with van der Waals surface area (Å²) in [5.41, 5.74) is 0. The van der Waals surface area contributed by atoms with Gasteiger partial charge in [-0.05, 0) is 19.8 Å². The predicted octanol–water partition coefficient (Wildman–Crippen LogP) is 3.00. The fourth-order valence-corrected chi connectivity index (χ4v) is 0.786. The summed E-state index contributed by atoms with van der Waals surface area (Å²) < 4.78 is 0. The van der Waals surface area contributed by atoms with Gasteiger partial charge >= 0.3 is 0 Å². The second kappa shape index (κ2) is 10.9. The highest BCUT2D eigenvalue weighted by Crippen LogP contribution is 1.93. The summed E-state index contributed by atoms with van der Waals surface area (Å²) in [7, 11) is 0. The van der Waals surface area contributed by atoms with E-state index in [9.17, 15) is 0 Å². The Morgan fingerprint density at radius 3 is 1.15 bits per heavy atom. The van der Waals surface area contributed by atoms with Crippen molar-refractivity contribution in [1.82, 2.24) is 0 Å². The molecule has 1 nitrogen and oxygen atoms in total. The lowest BCUT2D eigenvalue weighted by Crippen LogP contribution is -1.57. The van der Waals surface area contributed by atoms with Gasteiger partial charge in [-0.2, -0.15) is 0 Å². The summed E-state index contributed by atoms with van der Waals surface area (Å²) in [6, 6.07) is 0. The van der Waals surface area contributed by atoms with Crippen LogP contribution in [0.2, 0.25) is 0 Å². The van der Waals surface area contributed by atoms with Crippen LogP contribution in [0.1, 0.15) is 19.8 Å². The topological polar surface area (TPSA) is 20.2 Å². The maximum absolute atomic E-state index is 7.57. The maximum atomic E-state index is 7.57. The first-order valence-corrected chi connectivity index (χ1v) is 4.66. The van der Waals surface area contributed by atoms with Gasteiger partial charge in [0.1, 0.15) is 0 Å². The highest BCUT2D eigenvalue weighted by atomic mass is 16.2. The third kappa shape index (κ3) is 10.9. The van der Waals surface area contributed by atoms with E-state index in [2.05, 4.69) is 48.6 Å². The van der Waals surface area contributed by atoms with Crippen molar-refractivity contribution in [2.24, 2.45) is 0 Å². The van der Waals surface area contributed by atoms with Gasteiger partial charge in [-0.15, -0.1) is 0 Å². The van der Waals surface area contributed by atoms with Gasteiger partial charge in [0.15, 0.2) is 0 Å². The average molecular weight is 178 g/mol. The lowest BCUT2D eigenvalue weighted by molar-refractivity contribution is 0.318. The maximum Gasteiger partial charge on any atom is 0.0402 e. The monoisotopic (exact) mass is 178 g/mol. The van der Waals surface area contributed by atoms with E-state index in [0.29, 0.717) is 0 Å². The molecule has 0 aromatic rings. The quantitative estimate of drug-likeness (QED) is 0.604. The second-order valence-corrected chi connectivity index (χ2v) is 2.50. The molecule has 2 rings (SSSR count). The number of allylic oxidation sites excluding steroid dienone is 8. The van der Waals surface area contributed by atoms with Gasteiger partial charge in [0.25, 0.3) is 0 Å². The van der Waals surface area contributed by atoms with Crippen LogP contribution >= 0.6 is 0 Å². The SMILES string of the molecule is C1=CCC=C1.C1=CCC=C1.CCO. The molecule has 72 valence electrons. The van der Waals surface area contributed by atoms with Crippen molar-refractivity contribution < 1.29 is 5.11 Å². The standard InChI is InChI=1S/2C5H6.C2H6O/c2*1-2-4-5-3-1;1-2-3/h2*1-4H,5H2;3H,2H2,1H3. The van der Waals surface area contributed by atoms with Crippen molar-refractivity contribution in [3.63, 3.8) is 0 Å². The van der Waals surface area contributed by atoms with Crippen LogP contribution in [0.4, 0.5) is 0 Å². The molecule has 0 unspecified atom stereocenters. The smallest absolute Gasteiger partial charge is 0.0402 e. The number of hydrogen-bond donors (Lipinski definition) is 1. The van der Waals surface area contributed by atoms with Crippen LogP contribution in [-0.2, 0) is 0 Å². The van der Waals surface area contributed by atoms with Crippen molar-refractivity contribution in [2.75, 3.05) is 6.61 Å². The van der Waals surface area contributed by atoms with Crippen LogP contribution in [0.5, 0.6) is 0 Å². The minimum atomic E-state index is 0.250. The molecule has 0 aromatic heterocycles. The van der Waals surface area contributed by atoms with E-state index in [1.807, 2.05) is 0 Å². The first-order valence-electron chi connectivity index (χ1n) is 4.66. The van der Waals surface area contributed by atoms with Gasteiger partial charge < -0.3 is 5.11 Å². The van der Waals surface area contributed by atoms with Crippen LogP contribution in [0.3, 0.4) is 0 Å². The first kappa shape index (κ1) is 11.9. The highest BCUT2D eigenvalue weighted by Gasteiger charge is 1.72. The van der Waals surface area contributed by atoms with Gasteiger partial charge in [0.05, 0.1) is 0 Å². The molecule has 0 fully saturated rings. The van der Waals surface area contributed by atoms with E-state index >= 15 is 0 Å². The number of hydrogen-bond acceptors (Lipinski definition) is 1. The molecule has 0 atom stereocenters. The summed E-state index contributed by atoms with van der Waals surface area (Å²) >= 11 is 0. The van der Waals surface area contributed by atoms with Crippen molar-refractivity contribution >= 4 is 0 Å². The lowest BCUT2D eigenvalue weighted by Gasteiger charge is -1.57. The number of aliphatic hydroxyl groups is 1. The number of rotatable bonds is 0. The Kier molecular flexibility index (Phi) is 10.0. The predicted molar refractivity (Wildman–Crippen MR) is 58.6 cm³/mol. The second-order valence-electron chi connectivity index (χ2n) is 2.50. The van der Waals surface area contributed by atoms with Gasteiger partial charge in [-0.3, -0.25) is 0 Å². The molecule has 0 radical (unpaired) electrons. The van der Waals surface area contributed by atoms with Crippen LogP contribution in [0.25, 0.3) is 0 Å². The molecule has 2 aliphatic rings. The Bertz CT molecular complexity index is 155. The first-order chi connectivity index (χ1) is 6.41. The van der Waals surface area contributed by atoms with E-state index in [1.54, 1.807) is 6.92 Å². The van der Waals surface area contributed by atoms with Crippen LogP contribution in [-0.4, -0.2) is 11.7 Å². The summed E-state index contributed by atoms with van der Waals surface area (Å²) in [4.78, 5) is 0. The zero-order valence-corrected chi connectivity index (χ0v) is 8.19. The molecule has 13 heavy (non-hydrogen) atoms. The van der Waals surface area contributed by atoms with Crippen molar-refractivity contribution in [2.45, 2.75) is 19.8 Å². The van der Waals surface area contributed by atoms with E-state index in [1.165, 1.54) is 0 Å². The average Bonchev–Trinajstić information content (AvgIpc) is 2.85.